The van der Waals surface area contributed by atoms with Crippen molar-refractivity contribution >= 4 is 5.71 Å². The summed E-state index contributed by atoms with van der Waals surface area (Å²) in [6.45, 7) is 2.64. The third-order valence-corrected chi connectivity index (χ3v) is 3.05. The third kappa shape index (κ3) is 4.34. The summed E-state index contributed by atoms with van der Waals surface area (Å²) in [5, 5.41) is 10.1. The van der Waals surface area contributed by atoms with Crippen LogP contribution in [-0.4, -0.2) is 10.8 Å². The van der Waals surface area contributed by atoms with Gasteiger partial charge in [0.05, 0.1) is 12.6 Å². The van der Waals surface area contributed by atoms with E-state index in [0.29, 0.717) is 13.0 Å². The summed E-state index contributed by atoms with van der Waals surface area (Å²) in [6.07, 6.45) is 0.109. The van der Waals surface area contributed by atoms with Crippen LogP contribution < -0.4 is 0 Å². The Morgan fingerprint density at radius 2 is 1.58 bits per heavy atom. The number of hydrogen-bond acceptors (Lipinski definition) is 2. The van der Waals surface area contributed by atoms with Gasteiger partial charge in [0.25, 0.3) is 0 Å². The molecule has 0 aliphatic heterocycles. The van der Waals surface area contributed by atoms with E-state index in [9.17, 15) is 5.11 Å². The summed E-state index contributed by atoms with van der Waals surface area (Å²) in [7, 11) is 0. The van der Waals surface area contributed by atoms with Crippen molar-refractivity contribution in [1.29, 1.82) is 0 Å². The first-order valence-corrected chi connectivity index (χ1v) is 6.52. The van der Waals surface area contributed by atoms with Gasteiger partial charge in [-0.3, -0.25) is 4.99 Å². The van der Waals surface area contributed by atoms with Crippen molar-refractivity contribution in [3.8, 4) is 0 Å². The largest absolute Gasteiger partial charge is 0.388 e. The average molecular weight is 253 g/mol. The predicted octanol–water partition coefficient (Wildman–Crippen LogP) is 3.77. The Morgan fingerprint density at radius 3 is 2.21 bits per heavy atom. The van der Waals surface area contributed by atoms with Crippen LogP contribution in [0.2, 0.25) is 0 Å². The number of rotatable bonds is 5. The van der Waals surface area contributed by atoms with E-state index in [1.54, 1.807) is 0 Å². The number of aliphatic hydroxyl groups excluding tert-OH is 1. The Labute approximate surface area is 114 Å². The number of benzene rings is 2. The molecular weight excluding hydrogens is 234 g/mol. The van der Waals surface area contributed by atoms with E-state index in [1.165, 1.54) is 5.56 Å². The molecule has 19 heavy (non-hydrogen) atoms. The van der Waals surface area contributed by atoms with E-state index >= 15 is 0 Å². The fourth-order valence-electron chi connectivity index (χ4n) is 1.95. The Hall–Kier alpha value is -1.93. The van der Waals surface area contributed by atoms with Crippen molar-refractivity contribution in [2.75, 3.05) is 0 Å². The minimum Gasteiger partial charge on any atom is -0.388 e. The van der Waals surface area contributed by atoms with Crippen LogP contribution >= 0.6 is 0 Å². The van der Waals surface area contributed by atoms with Crippen LogP contribution in [-0.2, 0) is 6.54 Å². The first kappa shape index (κ1) is 13.5. The van der Waals surface area contributed by atoms with E-state index in [1.807, 2.05) is 55.5 Å². The fraction of sp³-hybridized carbons (Fsp3) is 0.235. The number of aliphatic imine (C=N–C) groups is 1. The molecule has 0 unspecified atom stereocenters. The maximum absolute atomic E-state index is 10.1. The van der Waals surface area contributed by atoms with Gasteiger partial charge in [0.15, 0.2) is 0 Å². The van der Waals surface area contributed by atoms with E-state index in [2.05, 4.69) is 17.1 Å². The van der Waals surface area contributed by atoms with E-state index < -0.39 is 6.10 Å². The Bertz CT molecular complexity index is 519. The van der Waals surface area contributed by atoms with Gasteiger partial charge < -0.3 is 5.11 Å². The van der Waals surface area contributed by atoms with Gasteiger partial charge in [-0.15, -0.1) is 0 Å². The van der Waals surface area contributed by atoms with Gasteiger partial charge in [0, 0.05) is 12.1 Å². The second kappa shape index (κ2) is 6.86. The quantitative estimate of drug-likeness (QED) is 0.808. The Morgan fingerprint density at radius 1 is 1.00 bits per heavy atom. The van der Waals surface area contributed by atoms with Crippen LogP contribution in [0.4, 0.5) is 0 Å². The lowest BCUT2D eigenvalue weighted by molar-refractivity contribution is 0.186. The van der Waals surface area contributed by atoms with Crippen LogP contribution in [0.3, 0.4) is 0 Å². The molecule has 2 heteroatoms. The topological polar surface area (TPSA) is 32.6 Å². The van der Waals surface area contributed by atoms with Gasteiger partial charge >= 0.3 is 0 Å². The molecule has 0 bridgehead atoms. The summed E-state index contributed by atoms with van der Waals surface area (Å²) in [4.78, 5) is 4.52. The minimum absolute atomic E-state index is 0.472. The number of nitrogens with zero attached hydrogens (tertiary/aromatic N) is 1. The van der Waals surface area contributed by atoms with Gasteiger partial charge in [-0.1, -0.05) is 60.7 Å². The first-order chi connectivity index (χ1) is 9.25. The van der Waals surface area contributed by atoms with Crippen LogP contribution in [0, 0.1) is 0 Å². The molecule has 0 saturated carbocycles. The normalized spacial score (nSPS) is 13.3. The van der Waals surface area contributed by atoms with Crippen LogP contribution in [0.15, 0.2) is 65.7 Å². The molecule has 2 rings (SSSR count). The molecule has 0 saturated heterocycles. The SMILES string of the molecule is CC(C[C@@H](O)c1ccccc1)=NCc1ccccc1. The predicted molar refractivity (Wildman–Crippen MR) is 79.3 cm³/mol. The molecule has 0 aliphatic carbocycles. The van der Waals surface area contributed by atoms with Gasteiger partial charge in [-0.2, -0.15) is 0 Å². The summed E-state index contributed by atoms with van der Waals surface area (Å²) in [5.74, 6) is 0. The zero-order valence-corrected chi connectivity index (χ0v) is 11.2. The average Bonchev–Trinajstić information content (AvgIpc) is 2.47. The molecule has 2 nitrogen and oxygen atoms in total. The van der Waals surface area contributed by atoms with Gasteiger partial charge in [-0.25, -0.2) is 0 Å². The number of hydrogen-bond donors (Lipinski definition) is 1. The Kier molecular flexibility index (Phi) is 4.87. The van der Waals surface area contributed by atoms with Gasteiger partial charge in [-0.05, 0) is 18.1 Å². The summed E-state index contributed by atoms with van der Waals surface area (Å²) < 4.78 is 0. The summed E-state index contributed by atoms with van der Waals surface area (Å²) in [6, 6.07) is 19.9. The summed E-state index contributed by atoms with van der Waals surface area (Å²) >= 11 is 0. The maximum Gasteiger partial charge on any atom is 0.0841 e. The van der Waals surface area contributed by atoms with E-state index in [4.69, 9.17) is 0 Å². The highest BCUT2D eigenvalue weighted by Gasteiger charge is 2.07. The highest BCUT2D eigenvalue weighted by atomic mass is 16.3. The second-order valence-electron chi connectivity index (χ2n) is 4.67. The molecule has 2 aromatic rings. The molecule has 0 amide bonds. The van der Waals surface area contributed by atoms with Gasteiger partial charge in [0.1, 0.15) is 0 Å². The molecule has 0 fully saturated rings. The van der Waals surface area contributed by atoms with E-state index in [-0.39, 0.29) is 0 Å². The van der Waals surface area contributed by atoms with Crippen molar-refractivity contribution in [2.24, 2.45) is 4.99 Å². The Balaban J connectivity index is 1.92. The third-order valence-electron chi connectivity index (χ3n) is 3.05. The molecule has 2 aromatic carbocycles. The van der Waals surface area contributed by atoms with Crippen molar-refractivity contribution in [3.63, 3.8) is 0 Å². The molecule has 0 heterocycles. The fourth-order valence-corrected chi connectivity index (χ4v) is 1.95. The van der Waals surface area contributed by atoms with Crippen molar-refractivity contribution in [3.05, 3.63) is 71.8 Å². The first-order valence-electron chi connectivity index (χ1n) is 6.52. The second-order valence-corrected chi connectivity index (χ2v) is 4.67. The molecule has 1 N–H and O–H groups in total. The molecule has 1 atom stereocenters. The highest BCUT2D eigenvalue weighted by molar-refractivity contribution is 5.82. The molecule has 98 valence electrons. The van der Waals surface area contributed by atoms with Crippen LogP contribution in [0.25, 0.3) is 0 Å². The highest BCUT2D eigenvalue weighted by Crippen LogP contribution is 2.16. The smallest absolute Gasteiger partial charge is 0.0841 e. The molecule has 0 aromatic heterocycles. The molecule has 0 radical (unpaired) electrons. The standard InChI is InChI=1S/C17H19NO/c1-14(18-13-15-8-4-2-5-9-15)12-17(19)16-10-6-3-7-11-16/h2-11,17,19H,12-13H2,1H3/t17-/m1/s1. The van der Waals surface area contributed by atoms with Crippen molar-refractivity contribution in [1.82, 2.24) is 0 Å². The minimum atomic E-state index is -0.472. The van der Waals surface area contributed by atoms with Crippen molar-refractivity contribution in [2.45, 2.75) is 26.0 Å². The molecule has 0 aliphatic rings. The van der Waals surface area contributed by atoms with E-state index in [0.717, 1.165) is 11.3 Å². The lowest BCUT2D eigenvalue weighted by Crippen LogP contribution is -2.04. The zero-order chi connectivity index (χ0) is 13.5. The monoisotopic (exact) mass is 253 g/mol. The van der Waals surface area contributed by atoms with Crippen molar-refractivity contribution < 1.29 is 5.11 Å². The van der Waals surface area contributed by atoms with Gasteiger partial charge in [0.2, 0.25) is 0 Å². The lowest BCUT2D eigenvalue weighted by Gasteiger charge is -2.10. The van der Waals surface area contributed by atoms with Crippen LogP contribution in [0.1, 0.15) is 30.6 Å². The maximum atomic E-state index is 10.1. The molecular formula is C17H19NO. The lowest BCUT2D eigenvalue weighted by atomic mass is 10.0. The van der Waals surface area contributed by atoms with Crippen LogP contribution in [0.5, 0.6) is 0 Å². The molecule has 0 spiro atoms. The summed E-state index contributed by atoms with van der Waals surface area (Å²) in [5.41, 5.74) is 3.10. The zero-order valence-electron chi connectivity index (χ0n) is 11.2. The number of aliphatic hydroxyl groups is 1.